The van der Waals surface area contributed by atoms with E-state index < -0.39 is 41.8 Å². The Balaban J connectivity index is 1.61. The van der Waals surface area contributed by atoms with E-state index in [1.54, 1.807) is 32.9 Å². The lowest BCUT2D eigenvalue weighted by Gasteiger charge is -2.25. The molecule has 10 heteroatoms. The van der Waals surface area contributed by atoms with E-state index in [2.05, 4.69) is 5.32 Å². The van der Waals surface area contributed by atoms with Crippen LogP contribution in [0.2, 0.25) is 0 Å². The lowest BCUT2D eigenvalue weighted by molar-refractivity contribution is -0.127. The molecule has 0 radical (unpaired) electrons. The molecule has 1 aliphatic heterocycles. The number of ether oxygens (including phenoxy) is 4. The fourth-order valence-electron chi connectivity index (χ4n) is 3.63. The minimum absolute atomic E-state index is 0.0141. The summed E-state index contributed by atoms with van der Waals surface area (Å²) in [4.78, 5) is 50.7. The number of alkyl carbamates (subject to hydrolysis) is 1. The first-order valence-corrected chi connectivity index (χ1v) is 11.9. The molecule has 1 aliphatic rings. The van der Waals surface area contributed by atoms with Crippen LogP contribution in [0.3, 0.4) is 0 Å². The molecule has 10 nitrogen and oxygen atoms in total. The van der Waals surface area contributed by atoms with Crippen molar-refractivity contribution in [2.45, 2.75) is 52.0 Å². The van der Waals surface area contributed by atoms with Gasteiger partial charge in [0.25, 0.3) is 0 Å². The molecule has 3 amide bonds. The smallest absolute Gasteiger partial charge is 0.445 e. The van der Waals surface area contributed by atoms with Gasteiger partial charge in [-0.15, -0.1) is 0 Å². The number of nitrogens with one attached hydrogen (secondary N) is 1. The highest BCUT2D eigenvalue weighted by molar-refractivity contribution is 5.94. The number of nitrogens with zero attached hydrogens (tertiary/aromatic N) is 1. The van der Waals surface area contributed by atoms with E-state index in [4.69, 9.17) is 18.9 Å². The van der Waals surface area contributed by atoms with Crippen LogP contribution in [0.5, 0.6) is 0 Å². The Morgan fingerprint density at radius 2 is 1.49 bits per heavy atom. The average Bonchev–Trinajstić information content (AvgIpc) is 3.26. The van der Waals surface area contributed by atoms with Crippen LogP contribution < -0.4 is 5.32 Å². The van der Waals surface area contributed by atoms with Crippen molar-refractivity contribution >= 4 is 24.2 Å². The van der Waals surface area contributed by atoms with Crippen LogP contribution in [0.1, 0.15) is 38.3 Å². The molecule has 2 aromatic carbocycles. The fraction of sp³-hybridized carbons (Fsp3) is 0.407. The fourth-order valence-corrected chi connectivity index (χ4v) is 3.63. The molecule has 198 valence electrons. The van der Waals surface area contributed by atoms with Gasteiger partial charge in [-0.2, -0.15) is 0 Å². The summed E-state index contributed by atoms with van der Waals surface area (Å²) in [5, 5.41) is 2.66. The van der Waals surface area contributed by atoms with Crippen LogP contribution in [-0.4, -0.2) is 53.9 Å². The summed E-state index contributed by atoms with van der Waals surface area (Å²) >= 11 is 0. The highest BCUT2D eigenvalue weighted by atomic mass is 16.7. The molecule has 2 aromatic rings. The van der Waals surface area contributed by atoms with Crippen molar-refractivity contribution < 1.29 is 38.1 Å². The number of carbonyl (C=O) groups is 4. The van der Waals surface area contributed by atoms with Gasteiger partial charge in [-0.25, -0.2) is 19.3 Å². The minimum atomic E-state index is -0.929. The first-order chi connectivity index (χ1) is 17.6. The highest BCUT2D eigenvalue weighted by Crippen LogP contribution is 2.24. The van der Waals surface area contributed by atoms with Crippen molar-refractivity contribution in [2.75, 3.05) is 13.2 Å². The molecular weight excluding hydrogens is 480 g/mol. The molecule has 37 heavy (non-hydrogen) atoms. The van der Waals surface area contributed by atoms with Gasteiger partial charge in [0, 0.05) is 18.9 Å². The SMILES string of the molecule is CC(C)(C)OC(=O)N1C[C@H](C(COC(=O)OCc2ccccc2)NC(=O)OCc2ccccc2)CC1=O. The van der Waals surface area contributed by atoms with Crippen LogP contribution in [-0.2, 0) is 37.0 Å². The monoisotopic (exact) mass is 512 g/mol. The molecule has 1 fully saturated rings. The van der Waals surface area contributed by atoms with Gasteiger partial charge in [-0.1, -0.05) is 60.7 Å². The Morgan fingerprint density at radius 1 is 0.919 bits per heavy atom. The van der Waals surface area contributed by atoms with Crippen molar-refractivity contribution in [2.24, 2.45) is 5.92 Å². The molecule has 0 aliphatic carbocycles. The van der Waals surface area contributed by atoms with E-state index in [-0.39, 0.29) is 32.8 Å². The van der Waals surface area contributed by atoms with Gasteiger partial charge in [-0.05, 0) is 31.9 Å². The summed E-state index contributed by atoms with van der Waals surface area (Å²) in [5.41, 5.74) is 0.801. The second kappa shape index (κ2) is 12.8. The highest BCUT2D eigenvalue weighted by Gasteiger charge is 2.41. The number of likely N-dealkylation sites (tertiary alicyclic amines) is 1. The predicted molar refractivity (Wildman–Crippen MR) is 132 cm³/mol. The van der Waals surface area contributed by atoms with Gasteiger partial charge >= 0.3 is 18.3 Å². The Kier molecular flexibility index (Phi) is 9.48. The average molecular weight is 513 g/mol. The van der Waals surface area contributed by atoms with E-state index in [0.29, 0.717) is 0 Å². The molecule has 1 heterocycles. The Morgan fingerprint density at radius 3 is 2.05 bits per heavy atom. The maximum atomic E-state index is 12.6. The molecule has 3 rings (SSSR count). The molecule has 0 bridgehead atoms. The number of benzene rings is 2. The third-order valence-corrected chi connectivity index (χ3v) is 5.43. The summed E-state index contributed by atoms with van der Waals surface area (Å²) in [6.45, 7) is 4.85. The van der Waals surface area contributed by atoms with Gasteiger partial charge in [0.15, 0.2) is 0 Å². The zero-order valence-corrected chi connectivity index (χ0v) is 21.2. The third kappa shape index (κ3) is 9.14. The van der Waals surface area contributed by atoms with Gasteiger partial charge < -0.3 is 24.3 Å². The lowest BCUT2D eigenvalue weighted by Crippen LogP contribution is -2.45. The molecule has 1 N–H and O–H groups in total. The predicted octanol–water partition coefficient (Wildman–Crippen LogP) is 4.42. The molecule has 0 aromatic heterocycles. The largest absolute Gasteiger partial charge is 0.508 e. The summed E-state index contributed by atoms with van der Waals surface area (Å²) in [5.74, 6) is -0.985. The van der Waals surface area contributed by atoms with Gasteiger partial charge in [0.05, 0.1) is 6.04 Å². The standard InChI is InChI=1S/C27H32N2O8/c1-27(2,3)37-25(32)29-15-21(14-23(29)30)22(28-24(31)34-16-19-10-6-4-7-11-19)18-36-26(33)35-17-20-12-8-5-9-13-20/h4-13,21-22H,14-18H2,1-3H3,(H,28,31)/t21-,22?/m1/s1. The van der Waals surface area contributed by atoms with Crippen molar-refractivity contribution in [3.05, 3.63) is 71.8 Å². The quantitative estimate of drug-likeness (QED) is 0.408. The second-order valence-electron chi connectivity index (χ2n) is 9.60. The number of carbonyl (C=O) groups excluding carboxylic acids is 4. The van der Waals surface area contributed by atoms with E-state index in [0.717, 1.165) is 16.0 Å². The van der Waals surface area contributed by atoms with Gasteiger partial charge in [0.2, 0.25) is 5.91 Å². The first kappa shape index (κ1) is 27.5. The lowest BCUT2D eigenvalue weighted by atomic mass is 9.99. The molecule has 1 saturated heterocycles. The zero-order chi connectivity index (χ0) is 26.8. The topological polar surface area (TPSA) is 120 Å². The number of rotatable bonds is 8. The van der Waals surface area contributed by atoms with Crippen molar-refractivity contribution in [1.82, 2.24) is 10.2 Å². The summed E-state index contributed by atoms with van der Waals surface area (Å²) in [6.07, 6.45) is -2.50. The zero-order valence-electron chi connectivity index (χ0n) is 21.2. The van der Waals surface area contributed by atoms with Crippen molar-refractivity contribution in [3.8, 4) is 0 Å². The molecule has 1 unspecified atom stereocenters. The van der Waals surface area contributed by atoms with E-state index in [1.165, 1.54) is 0 Å². The Hall–Kier alpha value is -4.08. The number of imide groups is 1. The Bertz CT molecular complexity index is 1070. The van der Waals surface area contributed by atoms with Crippen LogP contribution in [0, 0.1) is 5.92 Å². The van der Waals surface area contributed by atoms with E-state index in [1.807, 2.05) is 48.5 Å². The third-order valence-electron chi connectivity index (χ3n) is 5.43. The molecular formula is C27H32N2O8. The number of amides is 3. The summed E-state index contributed by atoms with van der Waals surface area (Å²) in [7, 11) is 0. The van der Waals surface area contributed by atoms with Crippen LogP contribution >= 0.6 is 0 Å². The maximum Gasteiger partial charge on any atom is 0.508 e. The van der Waals surface area contributed by atoms with E-state index in [9.17, 15) is 19.2 Å². The van der Waals surface area contributed by atoms with E-state index >= 15 is 0 Å². The number of hydrogen-bond donors (Lipinski definition) is 1. The van der Waals surface area contributed by atoms with Gasteiger partial charge in [-0.3, -0.25) is 4.79 Å². The first-order valence-electron chi connectivity index (χ1n) is 11.9. The second-order valence-corrected chi connectivity index (χ2v) is 9.60. The normalized spacial score (nSPS) is 16.0. The summed E-state index contributed by atoms with van der Waals surface area (Å²) in [6, 6.07) is 17.4. The molecule has 2 atom stereocenters. The van der Waals surface area contributed by atoms with Crippen LogP contribution in [0.4, 0.5) is 14.4 Å². The van der Waals surface area contributed by atoms with Crippen molar-refractivity contribution in [1.29, 1.82) is 0 Å². The van der Waals surface area contributed by atoms with Crippen LogP contribution in [0.25, 0.3) is 0 Å². The molecule has 0 saturated carbocycles. The maximum absolute atomic E-state index is 12.6. The Labute approximate surface area is 215 Å². The van der Waals surface area contributed by atoms with Crippen molar-refractivity contribution in [3.63, 3.8) is 0 Å². The minimum Gasteiger partial charge on any atom is -0.445 e. The van der Waals surface area contributed by atoms with Gasteiger partial charge in [0.1, 0.15) is 25.4 Å². The summed E-state index contributed by atoms with van der Waals surface area (Å²) < 4.78 is 21.0. The number of hydrogen-bond acceptors (Lipinski definition) is 8. The molecule has 0 spiro atoms. The van der Waals surface area contributed by atoms with Crippen LogP contribution in [0.15, 0.2) is 60.7 Å².